The molecule has 1 aromatic carbocycles. The smallest absolute Gasteiger partial charge is 0.325 e. The van der Waals surface area contributed by atoms with Crippen LogP contribution in [0.2, 0.25) is 5.02 Å². The van der Waals surface area contributed by atoms with Crippen LogP contribution in [0.1, 0.15) is 23.4 Å². The van der Waals surface area contributed by atoms with Gasteiger partial charge >= 0.3 is 6.18 Å². The zero-order valence-corrected chi connectivity index (χ0v) is 14.5. The van der Waals surface area contributed by atoms with Crippen LogP contribution in [-0.4, -0.2) is 15.3 Å². The molecular weight excluding hydrogens is 367 g/mol. The van der Waals surface area contributed by atoms with Crippen LogP contribution in [0.3, 0.4) is 0 Å². The summed E-state index contributed by atoms with van der Waals surface area (Å²) in [4.78, 5) is 16.6. The van der Waals surface area contributed by atoms with E-state index in [0.717, 1.165) is 29.2 Å². The standard InChI is InChI=1S/C18H15ClF3N3O/c1-11-15(25-9-3-2-4-16(25)23-11)7-8-17(26)24-14-6-5-12(19)10-13(14)18(20,21)22/h2-6,9-10H,7-8H2,1H3,(H,24,26). The number of alkyl halides is 3. The van der Waals surface area contributed by atoms with E-state index in [1.54, 1.807) is 0 Å². The highest BCUT2D eigenvalue weighted by atomic mass is 35.5. The summed E-state index contributed by atoms with van der Waals surface area (Å²) in [5, 5.41) is 2.28. The number of anilines is 1. The summed E-state index contributed by atoms with van der Waals surface area (Å²) >= 11 is 5.64. The van der Waals surface area contributed by atoms with E-state index < -0.39 is 17.6 Å². The fourth-order valence-electron chi connectivity index (χ4n) is 2.77. The van der Waals surface area contributed by atoms with Gasteiger partial charge in [0.2, 0.25) is 5.91 Å². The number of pyridine rings is 1. The van der Waals surface area contributed by atoms with Crippen LogP contribution in [0, 0.1) is 6.92 Å². The Morgan fingerprint density at radius 3 is 2.77 bits per heavy atom. The van der Waals surface area contributed by atoms with Crippen molar-refractivity contribution >= 4 is 28.8 Å². The number of aryl methyl sites for hydroxylation is 2. The number of hydrogen-bond acceptors (Lipinski definition) is 2. The van der Waals surface area contributed by atoms with Gasteiger partial charge in [-0.3, -0.25) is 4.79 Å². The first-order chi connectivity index (χ1) is 12.3. The van der Waals surface area contributed by atoms with E-state index in [0.29, 0.717) is 6.42 Å². The Hall–Kier alpha value is -2.54. The molecule has 0 saturated carbocycles. The second kappa shape index (κ2) is 6.99. The zero-order chi connectivity index (χ0) is 18.9. The number of carbonyl (C=O) groups excluding carboxylic acids is 1. The Balaban J connectivity index is 1.75. The highest BCUT2D eigenvalue weighted by molar-refractivity contribution is 6.30. The third-order valence-electron chi connectivity index (χ3n) is 3.98. The van der Waals surface area contributed by atoms with Gasteiger partial charge in [0.15, 0.2) is 0 Å². The Morgan fingerprint density at radius 1 is 1.27 bits per heavy atom. The molecule has 4 nitrogen and oxygen atoms in total. The van der Waals surface area contributed by atoms with Gasteiger partial charge in [0.25, 0.3) is 0 Å². The molecule has 0 atom stereocenters. The van der Waals surface area contributed by atoms with E-state index >= 15 is 0 Å². The van der Waals surface area contributed by atoms with Crippen molar-refractivity contribution in [2.45, 2.75) is 25.9 Å². The van der Waals surface area contributed by atoms with Crippen molar-refractivity contribution in [1.29, 1.82) is 0 Å². The third-order valence-corrected chi connectivity index (χ3v) is 4.21. The fourth-order valence-corrected chi connectivity index (χ4v) is 2.94. The Bertz CT molecular complexity index is 966. The number of nitrogens with one attached hydrogen (secondary N) is 1. The van der Waals surface area contributed by atoms with Gasteiger partial charge in [0, 0.05) is 23.3 Å². The summed E-state index contributed by atoms with van der Waals surface area (Å²) in [6.45, 7) is 1.83. The molecule has 26 heavy (non-hydrogen) atoms. The molecule has 0 radical (unpaired) electrons. The largest absolute Gasteiger partial charge is 0.418 e. The summed E-state index contributed by atoms with van der Waals surface area (Å²) in [6.07, 6.45) is -2.38. The quantitative estimate of drug-likeness (QED) is 0.699. The van der Waals surface area contributed by atoms with Crippen LogP contribution in [0.25, 0.3) is 5.65 Å². The monoisotopic (exact) mass is 381 g/mol. The molecule has 2 aromatic heterocycles. The molecule has 8 heteroatoms. The molecule has 136 valence electrons. The minimum atomic E-state index is -4.61. The lowest BCUT2D eigenvalue weighted by atomic mass is 10.1. The molecule has 1 N–H and O–H groups in total. The van der Waals surface area contributed by atoms with Gasteiger partial charge in [0.05, 0.1) is 16.9 Å². The fraction of sp³-hybridized carbons (Fsp3) is 0.222. The summed E-state index contributed by atoms with van der Waals surface area (Å²) in [6, 6.07) is 8.81. The summed E-state index contributed by atoms with van der Waals surface area (Å²) in [7, 11) is 0. The molecule has 3 rings (SSSR count). The van der Waals surface area contributed by atoms with Gasteiger partial charge in [-0.15, -0.1) is 0 Å². The summed E-state index contributed by atoms with van der Waals surface area (Å²) in [5.74, 6) is -0.511. The van der Waals surface area contributed by atoms with Gasteiger partial charge in [-0.1, -0.05) is 17.7 Å². The van der Waals surface area contributed by atoms with E-state index in [4.69, 9.17) is 11.6 Å². The first-order valence-corrected chi connectivity index (χ1v) is 8.22. The predicted molar refractivity (Wildman–Crippen MR) is 93.3 cm³/mol. The number of imidazole rings is 1. The highest BCUT2D eigenvalue weighted by Gasteiger charge is 2.34. The lowest BCUT2D eigenvalue weighted by Gasteiger charge is -2.14. The highest BCUT2D eigenvalue weighted by Crippen LogP contribution is 2.36. The van der Waals surface area contributed by atoms with E-state index in [2.05, 4.69) is 10.3 Å². The van der Waals surface area contributed by atoms with Crippen LogP contribution < -0.4 is 5.32 Å². The maximum Gasteiger partial charge on any atom is 0.418 e. The lowest BCUT2D eigenvalue weighted by molar-refractivity contribution is -0.137. The molecule has 3 aromatic rings. The second-order valence-corrected chi connectivity index (χ2v) is 6.25. The zero-order valence-electron chi connectivity index (χ0n) is 13.8. The van der Waals surface area contributed by atoms with Crippen molar-refractivity contribution in [2.75, 3.05) is 5.32 Å². The molecule has 2 heterocycles. The lowest BCUT2D eigenvalue weighted by Crippen LogP contribution is -2.17. The van der Waals surface area contributed by atoms with Gasteiger partial charge < -0.3 is 9.72 Å². The minimum absolute atomic E-state index is 0.0312. The maximum absolute atomic E-state index is 13.1. The van der Waals surface area contributed by atoms with Gasteiger partial charge in [-0.2, -0.15) is 13.2 Å². The van der Waals surface area contributed by atoms with Crippen LogP contribution in [0.5, 0.6) is 0 Å². The number of fused-ring (bicyclic) bond motifs is 1. The predicted octanol–water partition coefficient (Wildman–Crippen LogP) is 4.89. The number of rotatable bonds is 4. The number of halogens is 4. The molecular formula is C18H15ClF3N3O. The molecule has 0 fully saturated rings. The maximum atomic E-state index is 13.1. The van der Waals surface area contributed by atoms with Crippen molar-refractivity contribution < 1.29 is 18.0 Å². The topological polar surface area (TPSA) is 46.4 Å². The second-order valence-electron chi connectivity index (χ2n) is 5.81. The van der Waals surface area contributed by atoms with Crippen molar-refractivity contribution in [2.24, 2.45) is 0 Å². The van der Waals surface area contributed by atoms with E-state index in [9.17, 15) is 18.0 Å². The average Bonchev–Trinajstić information content (AvgIpc) is 2.89. The SMILES string of the molecule is Cc1nc2ccccn2c1CCC(=O)Nc1ccc(Cl)cc1C(F)(F)F. The molecule has 0 aliphatic rings. The van der Waals surface area contributed by atoms with Crippen LogP contribution >= 0.6 is 11.6 Å². The summed E-state index contributed by atoms with van der Waals surface area (Å²) in [5.41, 5.74) is 1.12. The van der Waals surface area contributed by atoms with Crippen molar-refractivity contribution in [3.05, 3.63) is 64.6 Å². The van der Waals surface area contributed by atoms with Crippen molar-refractivity contribution in [1.82, 2.24) is 9.38 Å². The Kier molecular flexibility index (Phi) is 4.91. The van der Waals surface area contributed by atoms with Crippen LogP contribution in [0.4, 0.5) is 18.9 Å². The normalized spacial score (nSPS) is 11.7. The molecule has 0 aliphatic heterocycles. The summed E-state index contributed by atoms with van der Waals surface area (Å²) < 4.78 is 41.1. The third kappa shape index (κ3) is 3.83. The number of benzene rings is 1. The van der Waals surface area contributed by atoms with Crippen molar-refractivity contribution in [3.8, 4) is 0 Å². The molecule has 0 unspecified atom stereocenters. The van der Waals surface area contributed by atoms with E-state index in [1.807, 2.05) is 35.7 Å². The van der Waals surface area contributed by atoms with E-state index in [-0.39, 0.29) is 17.1 Å². The first-order valence-electron chi connectivity index (χ1n) is 7.85. The van der Waals surface area contributed by atoms with Crippen LogP contribution in [0.15, 0.2) is 42.6 Å². The first kappa shape index (κ1) is 18.3. The molecule has 1 amide bonds. The van der Waals surface area contributed by atoms with Crippen molar-refractivity contribution in [3.63, 3.8) is 0 Å². The van der Waals surface area contributed by atoms with E-state index in [1.165, 1.54) is 6.07 Å². The number of nitrogens with zero attached hydrogens (tertiary/aromatic N) is 2. The number of aromatic nitrogens is 2. The molecule has 0 bridgehead atoms. The van der Waals surface area contributed by atoms with Crippen LogP contribution in [-0.2, 0) is 17.4 Å². The molecule has 0 saturated heterocycles. The molecule has 0 spiro atoms. The number of hydrogen-bond donors (Lipinski definition) is 1. The van der Waals surface area contributed by atoms with Gasteiger partial charge in [-0.05, 0) is 43.7 Å². The minimum Gasteiger partial charge on any atom is -0.325 e. The molecule has 0 aliphatic carbocycles. The van der Waals surface area contributed by atoms with Gasteiger partial charge in [0.1, 0.15) is 5.65 Å². The average molecular weight is 382 g/mol. The van der Waals surface area contributed by atoms with Gasteiger partial charge in [-0.25, -0.2) is 4.98 Å². The number of carbonyl (C=O) groups is 1. The number of amides is 1. The Labute approximate surface area is 152 Å². The Morgan fingerprint density at radius 2 is 2.04 bits per heavy atom.